The lowest BCUT2D eigenvalue weighted by Crippen LogP contribution is -2.21. The first-order valence-corrected chi connectivity index (χ1v) is 7.94. The molecule has 0 unspecified atom stereocenters. The summed E-state index contributed by atoms with van der Waals surface area (Å²) in [4.78, 5) is 11.8. The monoisotopic (exact) mass is 365 g/mol. The number of aryl methyl sites for hydroxylation is 1. The Kier molecular flexibility index (Phi) is 5.60. The van der Waals surface area contributed by atoms with E-state index in [-0.39, 0.29) is 5.56 Å². The fraction of sp³-hybridized carbons (Fsp3) is 0.375. The van der Waals surface area contributed by atoms with Gasteiger partial charge in [0.2, 0.25) is 0 Å². The Morgan fingerprint density at radius 3 is 2.82 bits per heavy atom. The summed E-state index contributed by atoms with van der Waals surface area (Å²) in [6, 6.07) is 7.88. The summed E-state index contributed by atoms with van der Waals surface area (Å²) in [6.45, 7) is 5.46. The Balaban J connectivity index is 2.12. The lowest BCUT2D eigenvalue weighted by molar-refractivity contribution is 0.269. The lowest BCUT2D eigenvalue weighted by atomic mass is 10.2. The molecule has 22 heavy (non-hydrogen) atoms. The van der Waals surface area contributed by atoms with Crippen LogP contribution >= 0.6 is 15.9 Å². The highest BCUT2D eigenvalue weighted by Gasteiger charge is 2.08. The molecule has 0 atom stereocenters. The molecule has 118 valence electrons. The molecule has 1 aromatic carbocycles. The molecule has 5 nitrogen and oxygen atoms in total. The molecule has 6 heteroatoms. The maximum Gasteiger partial charge on any atom is 0.282 e. The molecule has 0 spiro atoms. The van der Waals surface area contributed by atoms with Gasteiger partial charge in [0.1, 0.15) is 10.2 Å². The van der Waals surface area contributed by atoms with Gasteiger partial charge in [0.25, 0.3) is 5.56 Å². The van der Waals surface area contributed by atoms with Crippen LogP contribution in [0.3, 0.4) is 0 Å². The van der Waals surface area contributed by atoms with E-state index in [0.717, 1.165) is 11.3 Å². The minimum absolute atomic E-state index is 0.172. The average molecular weight is 366 g/mol. The number of halogens is 1. The van der Waals surface area contributed by atoms with Gasteiger partial charge in [-0.15, -0.1) is 0 Å². The van der Waals surface area contributed by atoms with Gasteiger partial charge in [-0.2, -0.15) is 5.10 Å². The molecule has 0 aliphatic carbocycles. The number of anilines is 1. The standard InChI is InChI=1S/C16H20BrN3O2/c1-11(2)10-22-14-7-5-4-6-12(14)8-18-13-9-19-20(3)16(21)15(13)17/h4-7,9,11,18H,8,10H2,1-3H3. The zero-order chi connectivity index (χ0) is 16.1. The Morgan fingerprint density at radius 1 is 1.36 bits per heavy atom. The third-order valence-electron chi connectivity index (χ3n) is 3.09. The molecule has 0 saturated carbocycles. The molecule has 0 aliphatic rings. The molecule has 2 rings (SSSR count). The average Bonchev–Trinajstić information content (AvgIpc) is 2.50. The number of nitrogens with zero attached hydrogens (tertiary/aromatic N) is 2. The minimum atomic E-state index is -0.172. The highest BCUT2D eigenvalue weighted by molar-refractivity contribution is 9.10. The zero-order valence-electron chi connectivity index (χ0n) is 13.0. The van der Waals surface area contributed by atoms with Gasteiger partial charge >= 0.3 is 0 Å². The smallest absolute Gasteiger partial charge is 0.282 e. The molecule has 0 amide bonds. The van der Waals surface area contributed by atoms with Crippen molar-refractivity contribution in [1.82, 2.24) is 9.78 Å². The van der Waals surface area contributed by atoms with E-state index >= 15 is 0 Å². The van der Waals surface area contributed by atoms with Crippen molar-refractivity contribution < 1.29 is 4.74 Å². The molecule has 2 aromatic rings. The van der Waals surface area contributed by atoms with Crippen molar-refractivity contribution in [1.29, 1.82) is 0 Å². The highest BCUT2D eigenvalue weighted by Crippen LogP contribution is 2.22. The second-order valence-corrected chi connectivity index (χ2v) is 6.26. The van der Waals surface area contributed by atoms with Crippen LogP contribution in [0.15, 0.2) is 39.7 Å². The first-order chi connectivity index (χ1) is 10.5. The van der Waals surface area contributed by atoms with Crippen molar-refractivity contribution in [2.45, 2.75) is 20.4 Å². The third kappa shape index (κ3) is 4.10. The molecule has 0 fully saturated rings. The van der Waals surface area contributed by atoms with Gasteiger partial charge in [-0.3, -0.25) is 4.79 Å². The van der Waals surface area contributed by atoms with Crippen molar-refractivity contribution in [2.24, 2.45) is 13.0 Å². The number of hydrogen-bond donors (Lipinski definition) is 1. The number of ether oxygens (including phenoxy) is 1. The van der Waals surface area contributed by atoms with Crippen LogP contribution in [0.2, 0.25) is 0 Å². The van der Waals surface area contributed by atoms with Gasteiger partial charge < -0.3 is 10.1 Å². The van der Waals surface area contributed by atoms with Crippen molar-refractivity contribution in [2.75, 3.05) is 11.9 Å². The van der Waals surface area contributed by atoms with Crippen LogP contribution in [0.25, 0.3) is 0 Å². The molecular formula is C16H20BrN3O2. The predicted octanol–water partition coefficient (Wildman–Crippen LogP) is 3.19. The van der Waals surface area contributed by atoms with Crippen LogP contribution in [0.4, 0.5) is 5.69 Å². The van der Waals surface area contributed by atoms with Crippen LogP contribution < -0.4 is 15.6 Å². The van der Waals surface area contributed by atoms with E-state index in [0.29, 0.717) is 29.2 Å². The van der Waals surface area contributed by atoms with Crippen molar-refractivity contribution in [3.8, 4) is 5.75 Å². The summed E-state index contributed by atoms with van der Waals surface area (Å²) in [7, 11) is 1.62. The Bertz CT molecular complexity index is 698. The summed E-state index contributed by atoms with van der Waals surface area (Å²) in [6.07, 6.45) is 1.63. The Morgan fingerprint density at radius 2 is 2.09 bits per heavy atom. The summed E-state index contributed by atoms with van der Waals surface area (Å²) in [5.41, 5.74) is 1.53. The van der Waals surface area contributed by atoms with E-state index < -0.39 is 0 Å². The van der Waals surface area contributed by atoms with Gasteiger partial charge in [0.15, 0.2) is 0 Å². The SMILES string of the molecule is CC(C)COc1ccccc1CNc1cnn(C)c(=O)c1Br. The zero-order valence-corrected chi connectivity index (χ0v) is 14.6. The fourth-order valence-corrected chi connectivity index (χ4v) is 2.37. The van der Waals surface area contributed by atoms with E-state index in [4.69, 9.17) is 4.74 Å². The summed E-state index contributed by atoms with van der Waals surface area (Å²) < 4.78 is 7.59. The second kappa shape index (κ2) is 7.45. The molecular weight excluding hydrogens is 346 g/mol. The quantitative estimate of drug-likeness (QED) is 0.853. The van der Waals surface area contributed by atoms with Crippen LogP contribution in [0.1, 0.15) is 19.4 Å². The number of hydrogen-bond acceptors (Lipinski definition) is 4. The maximum absolute atomic E-state index is 11.8. The van der Waals surface area contributed by atoms with Crippen LogP contribution in [-0.4, -0.2) is 16.4 Å². The van der Waals surface area contributed by atoms with Gasteiger partial charge in [0, 0.05) is 19.2 Å². The van der Waals surface area contributed by atoms with Crippen LogP contribution in [0.5, 0.6) is 5.75 Å². The number of rotatable bonds is 6. The Hall–Kier alpha value is -1.82. The van der Waals surface area contributed by atoms with Crippen molar-refractivity contribution in [3.63, 3.8) is 0 Å². The van der Waals surface area contributed by atoms with Gasteiger partial charge in [0.05, 0.1) is 18.5 Å². The van der Waals surface area contributed by atoms with E-state index in [1.165, 1.54) is 4.68 Å². The molecule has 0 saturated heterocycles. The molecule has 0 bridgehead atoms. The molecule has 1 N–H and O–H groups in total. The van der Waals surface area contributed by atoms with Gasteiger partial charge in [-0.1, -0.05) is 32.0 Å². The minimum Gasteiger partial charge on any atom is -0.493 e. The van der Waals surface area contributed by atoms with Gasteiger partial charge in [-0.05, 0) is 27.9 Å². The Labute approximate surface area is 138 Å². The number of aromatic nitrogens is 2. The molecule has 1 aromatic heterocycles. The molecule has 0 aliphatic heterocycles. The van der Waals surface area contributed by atoms with Crippen molar-refractivity contribution in [3.05, 3.63) is 50.9 Å². The molecule has 1 heterocycles. The summed E-state index contributed by atoms with van der Waals surface area (Å²) in [5.74, 6) is 1.33. The maximum atomic E-state index is 11.8. The normalized spacial score (nSPS) is 10.8. The predicted molar refractivity (Wildman–Crippen MR) is 91.3 cm³/mol. The van der Waals surface area contributed by atoms with Gasteiger partial charge in [-0.25, -0.2) is 4.68 Å². The first-order valence-electron chi connectivity index (χ1n) is 7.15. The van der Waals surface area contributed by atoms with E-state index in [1.54, 1.807) is 13.2 Å². The highest BCUT2D eigenvalue weighted by atomic mass is 79.9. The number of nitrogens with one attached hydrogen (secondary N) is 1. The number of para-hydroxylation sites is 1. The molecule has 0 radical (unpaired) electrons. The first kappa shape index (κ1) is 16.5. The largest absolute Gasteiger partial charge is 0.493 e. The van der Waals surface area contributed by atoms with Crippen molar-refractivity contribution >= 4 is 21.6 Å². The van der Waals surface area contributed by atoms with E-state index in [1.807, 2.05) is 24.3 Å². The second-order valence-electron chi connectivity index (χ2n) is 5.47. The topological polar surface area (TPSA) is 56.1 Å². The van der Waals surface area contributed by atoms with E-state index in [9.17, 15) is 4.79 Å². The summed E-state index contributed by atoms with van der Waals surface area (Å²) in [5, 5.41) is 7.24. The lowest BCUT2D eigenvalue weighted by Gasteiger charge is -2.14. The fourth-order valence-electron chi connectivity index (χ4n) is 1.87. The van der Waals surface area contributed by atoms with Crippen LogP contribution in [-0.2, 0) is 13.6 Å². The van der Waals surface area contributed by atoms with Crippen LogP contribution in [0, 0.1) is 5.92 Å². The summed E-state index contributed by atoms with van der Waals surface area (Å²) >= 11 is 3.31. The number of benzene rings is 1. The van der Waals surface area contributed by atoms with E-state index in [2.05, 4.69) is 40.2 Å². The third-order valence-corrected chi connectivity index (χ3v) is 3.86.